The number of rotatable bonds is 5. The topological polar surface area (TPSA) is 102 Å². The highest BCUT2D eigenvalue weighted by Crippen LogP contribution is 2.28. The molecule has 0 unspecified atom stereocenters. The molecule has 0 spiro atoms. The van der Waals surface area contributed by atoms with Crippen molar-refractivity contribution >= 4 is 15.9 Å². The van der Waals surface area contributed by atoms with Crippen LogP contribution < -0.4 is 15.2 Å². The Balaban J connectivity index is 1.88. The minimum atomic E-state index is -3.75. The minimum Gasteiger partial charge on any atom is -0.495 e. The van der Waals surface area contributed by atoms with Crippen molar-refractivity contribution in [2.24, 2.45) is 5.73 Å². The zero-order chi connectivity index (χ0) is 18.0. The van der Waals surface area contributed by atoms with Gasteiger partial charge < -0.3 is 15.4 Å². The molecule has 2 aliphatic rings. The maximum Gasteiger partial charge on any atom is 0.253 e. The van der Waals surface area contributed by atoms with E-state index >= 15 is 0 Å². The Morgan fingerprint density at radius 1 is 1.28 bits per heavy atom. The fraction of sp³-hybridized carbons (Fsp3) is 0.588. The van der Waals surface area contributed by atoms with Crippen LogP contribution in [0.2, 0.25) is 0 Å². The number of methoxy groups -OCH3 is 1. The second-order valence-electron chi connectivity index (χ2n) is 6.77. The van der Waals surface area contributed by atoms with Gasteiger partial charge in [-0.2, -0.15) is 0 Å². The number of nitrogens with one attached hydrogen (secondary N) is 1. The van der Waals surface area contributed by atoms with E-state index in [9.17, 15) is 13.2 Å². The number of likely N-dealkylation sites (tertiary alicyclic amines) is 1. The minimum absolute atomic E-state index is 0.0104. The average molecular weight is 367 g/mol. The number of nitrogens with zero attached hydrogens (tertiary/aromatic N) is 1. The molecule has 1 aromatic carbocycles. The van der Waals surface area contributed by atoms with Gasteiger partial charge in [0, 0.05) is 30.7 Å². The number of sulfonamides is 1. The Bertz CT molecular complexity index is 744. The molecule has 0 radical (unpaired) electrons. The first-order valence-electron chi connectivity index (χ1n) is 8.66. The molecule has 1 aliphatic heterocycles. The van der Waals surface area contributed by atoms with Gasteiger partial charge >= 0.3 is 0 Å². The van der Waals surface area contributed by atoms with Gasteiger partial charge in [-0.25, -0.2) is 13.1 Å². The summed E-state index contributed by atoms with van der Waals surface area (Å²) in [4.78, 5) is 14.3. The first-order valence-corrected chi connectivity index (χ1v) is 10.1. The van der Waals surface area contributed by atoms with Gasteiger partial charge in [-0.05, 0) is 37.5 Å². The van der Waals surface area contributed by atoms with Gasteiger partial charge in [0.15, 0.2) is 0 Å². The van der Waals surface area contributed by atoms with Gasteiger partial charge in [0.2, 0.25) is 10.0 Å². The molecule has 1 atom stereocenters. The van der Waals surface area contributed by atoms with E-state index in [-0.39, 0.29) is 28.6 Å². The molecule has 1 aromatic rings. The lowest BCUT2D eigenvalue weighted by Crippen LogP contribution is -2.34. The highest BCUT2D eigenvalue weighted by Gasteiger charge is 2.29. The number of amides is 1. The first kappa shape index (κ1) is 18.2. The highest BCUT2D eigenvalue weighted by molar-refractivity contribution is 7.89. The summed E-state index contributed by atoms with van der Waals surface area (Å²) in [6.07, 6.45) is 4.49. The predicted molar refractivity (Wildman–Crippen MR) is 94.1 cm³/mol. The van der Waals surface area contributed by atoms with Gasteiger partial charge in [0.25, 0.3) is 5.91 Å². The molecule has 2 fully saturated rings. The number of hydrogen-bond acceptors (Lipinski definition) is 5. The summed E-state index contributed by atoms with van der Waals surface area (Å²) in [5.74, 6) is 0.0353. The fourth-order valence-corrected chi connectivity index (χ4v) is 5.00. The largest absolute Gasteiger partial charge is 0.495 e. The number of hydrogen-bond donors (Lipinski definition) is 2. The smallest absolute Gasteiger partial charge is 0.253 e. The lowest BCUT2D eigenvalue weighted by atomic mass is 10.2. The van der Waals surface area contributed by atoms with E-state index in [0.717, 1.165) is 32.1 Å². The molecule has 7 nitrogen and oxygen atoms in total. The summed E-state index contributed by atoms with van der Waals surface area (Å²) in [5, 5.41) is 0. The van der Waals surface area contributed by atoms with E-state index in [1.807, 2.05) is 0 Å². The molecule has 0 aromatic heterocycles. The molecule has 1 saturated carbocycles. The van der Waals surface area contributed by atoms with E-state index < -0.39 is 10.0 Å². The van der Waals surface area contributed by atoms with Crippen LogP contribution in [0.15, 0.2) is 23.1 Å². The quantitative estimate of drug-likeness (QED) is 0.811. The molecule has 138 valence electrons. The van der Waals surface area contributed by atoms with Crippen LogP contribution in [0, 0.1) is 0 Å². The summed E-state index contributed by atoms with van der Waals surface area (Å²) in [5.41, 5.74) is 6.19. The van der Waals surface area contributed by atoms with Crippen LogP contribution in [0.1, 0.15) is 42.5 Å². The van der Waals surface area contributed by atoms with Crippen molar-refractivity contribution in [3.8, 4) is 5.75 Å². The van der Waals surface area contributed by atoms with Crippen molar-refractivity contribution in [1.82, 2.24) is 9.62 Å². The number of nitrogens with two attached hydrogens (primary N) is 1. The molecular weight excluding hydrogens is 342 g/mol. The third-order valence-electron chi connectivity index (χ3n) is 4.89. The van der Waals surface area contributed by atoms with Crippen LogP contribution in [-0.4, -0.2) is 51.5 Å². The van der Waals surface area contributed by atoms with E-state index in [1.165, 1.54) is 19.2 Å². The standard InChI is InChI=1S/C17H25N3O4S/c1-24-15-7-6-12(17(21)20-9-8-13(18)11-20)10-16(15)25(22,23)19-14-4-2-3-5-14/h6-7,10,13-14,19H,2-5,8-9,11,18H2,1H3/t13-/m1/s1. The van der Waals surface area contributed by atoms with E-state index in [1.54, 1.807) is 11.0 Å². The molecule has 1 saturated heterocycles. The first-order chi connectivity index (χ1) is 11.9. The average Bonchev–Trinajstić information content (AvgIpc) is 3.25. The van der Waals surface area contributed by atoms with Crippen LogP contribution in [0.4, 0.5) is 0 Å². The summed E-state index contributed by atoms with van der Waals surface area (Å²) < 4.78 is 33.5. The number of ether oxygens (including phenoxy) is 1. The van der Waals surface area contributed by atoms with Gasteiger partial charge in [-0.15, -0.1) is 0 Å². The predicted octanol–water partition coefficient (Wildman–Crippen LogP) is 1.09. The molecule has 3 rings (SSSR count). The van der Waals surface area contributed by atoms with Gasteiger partial charge in [0.05, 0.1) is 7.11 Å². The second kappa shape index (κ2) is 7.31. The summed E-state index contributed by atoms with van der Waals surface area (Å²) >= 11 is 0. The summed E-state index contributed by atoms with van der Waals surface area (Å²) in [6.45, 7) is 1.09. The number of carbonyl (C=O) groups is 1. The molecule has 1 heterocycles. The normalized spacial score (nSPS) is 21.7. The molecule has 3 N–H and O–H groups in total. The zero-order valence-electron chi connectivity index (χ0n) is 14.4. The monoisotopic (exact) mass is 367 g/mol. The lowest BCUT2D eigenvalue weighted by molar-refractivity contribution is 0.0790. The van der Waals surface area contributed by atoms with Gasteiger partial charge in [0.1, 0.15) is 10.6 Å². The third kappa shape index (κ3) is 3.96. The van der Waals surface area contributed by atoms with Crippen molar-refractivity contribution in [3.63, 3.8) is 0 Å². The van der Waals surface area contributed by atoms with E-state index in [4.69, 9.17) is 10.5 Å². The fourth-order valence-electron chi connectivity index (χ4n) is 3.50. The maximum absolute atomic E-state index is 12.8. The van der Waals surface area contributed by atoms with Crippen molar-refractivity contribution in [2.75, 3.05) is 20.2 Å². The molecule has 25 heavy (non-hydrogen) atoms. The van der Waals surface area contributed by atoms with Crippen molar-refractivity contribution in [1.29, 1.82) is 0 Å². The second-order valence-corrected chi connectivity index (χ2v) is 8.45. The summed E-state index contributed by atoms with van der Waals surface area (Å²) in [6, 6.07) is 4.47. The molecule has 1 amide bonds. The van der Waals surface area contributed by atoms with Crippen LogP contribution in [-0.2, 0) is 10.0 Å². The Morgan fingerprint density at radius 2 is 2.00 bits per heavy atom. The zero-order valence-corrected chi connectivity index (χ0v) is 15.2. The molecule has 1 aliphatic carbocycles. The van der Waals surface area contributed by atoms with Crippen LogP contribution in [0.3, 0.4) is 0 Å². The number of carbonyl (C=O) groups excluding carboxylic acids is 1. The summed E-state index contributed by atoms with van der Waals surface area (Å²) in [7, 11) is -2.33. The lowest BCUT2D eigenvalue weighted by Gasteiger charge is -2.18. The van der Waals surface area contributed by atoms with Gasteiger partial charge in [-0.1, -0.05) is 12.8 Å². The van der Waals surface area contributed by atoms with Crippen LogP contribution >= 0.6 is 0 Å². The highest BCUT2D eigenvalue weighted by atomic mass is 32.2. The maximum atomic E-state index is 12.8. The van der Waals surface area contributed by atoms with Gasteiger partial charge in [-0.3, -0.25) is 4.79 Å². The third-order valence-corrected chi connectivity index (χ3v) is 6.43. The number of benzene rings is 1. The molecule has 0 bridgehead atoms. The Labute approximate surface area is 148 Å². The Morgan fingerprint density at radius 3 is 2.60 bits per heavy atom. The Hall–Kier alpha value is -1.64. The van der Waals surface area contributed by atoms with E-state index in [0.29, 0.717) is 18.7 Å². The molecule has 8 heteroatoms. The van der Waals surface area contributed by atoms with Crippen LogP contribution in [0.5, 0.6) is 5.75 Å². The van der Waals surface area contributed by atoms with E-state index in [2.05, 4.69) is 4.72 Å². The Kier molecular flexibility index (Phi) is 5.31. The van der Waals surface area contributed by atoms with Crippen molar-refractivity contribution in [2.45, 2.75) is 49.1 Å². The van der Waals surface area contributed by atoms with Crippen LogP contribution in [0.25, 0.3) is 0 Å². The SMILES string of the molecule is COc1ccc(C(=O)N2CC[C@@H](N)C2)cc1S(=O)(=O)NC1CCCC1. The van der Waals surface area contributed by atoms with Crippen molar-refractivity contribution in [3.05, 3.63) is 23.8 Å². The molecular formula is C17H25N3O4S. The van der Waals surface area contributed by atoms with Crippen molar-refractivity contribution < 1.29 is 17.9 Å².